The lowest BCUT2D eigenvalue weighted by atomic mass is 9.86. The van der Waals surface area contributed by atoms with Gasteiger partial charge < -0.3 is 14.5 Å². The van der Waals surface area contributed by atoms with Gasteiger partial charge in [0.1, 0.15) is 11.7 Å². The van der Waals surface area contributed by atoms with Crippen LogP contribution in [0.15, 0.2) is 48.5 Å². The lowest BCUT2D eigenvalue weighted by molar-refractivity contribution is -0.858. The molecule has 1 aliphatic rings. The molecule has 1 saturated heterocycles. The number of amides is 1. The van der Waals surface area contributed by atoms with Crippen LogP contribution in [0.25, 0.3) is 0 Å². The first-order chi connectivity index (χ1) is 15.7. The van der Waals surface area contributed by atoms with Crippen LogP contribution >= 0.6 is 0 Å². The molecule has 0 bridgehead atoms. The Balaban J connectivity index is 1.92. The number of Topliss-reactive ketones (excluding diaryl/α,β-unsaturated/α-hetero) is 2. The van der Waals surface area contributed by atoms with Crippen molar-refractivity contribution in [3.63, 3.8) is 0 Å². The molecule has 33 heavy (non-hydrogen) atoms. The van der Waals surface area contributed by atoms with Crippen molar-refractivity contribution in [1.29, 1.82) is 0 Å². The van der Waals surface area contributed by atoms with E-state index >= 15 is 0 Å². The van der Waals surface area contributed by atoms with Crippen LogP contribution < -0.4 is 9.64 Å². The summed E-state index contributed by atoms with van der Waals surface area (Å²) < 4.78 is 5.83. The fourth-order valence-electron chi connectivity index (χ4n) is 4.25. The van der Waals surface area contributed by atoms with Crippen LogP contribution in [0.4, 0.5) is 0 Å². The molecular formula is C27H35N2O4+. The van der Waals surface area contributed by atoms with Gasteiger partial charge in [0.15, 0.2) is 5.78 Å². The third kappa shape index (κ3) is 5.69. The van der Waals surface area contributed by atoms with Crippen LogP contribution in [-0.4, -0.2) is 56.2 Å². The van der Waals surface area contributed by atoms with Gasteiger partial charge in [-0.15, -0.1) is 0 Å². The molecule has 0 saturated carbocycles. The van der Waals surface area contributed by atoms with Gasteiger partial charge in [-0.05, 0) is 42.2 Å². The van der Waals surface area contributed by atoms with Gasteiger partial charge in [0.2, 0.25) is 5.78 Å². The van der Waals surface area contributed by atoms with Gasteiger partial charge in [-0.25, -0.2) is 0 Å². The Morgan fingerprint density at radius 1 is 1.09 bits per heavy atom. The molecule has 0 radical (unpaired) electrons. The van der Waals surface area contributed by atoms with E-state index in [2.05, 4.69) is 27.9 Å². The number of hydrogen-bond acceptors (Lipinski definition) is 4. The first-order valence-corrected chi connectivity index (χ1v) is 11.7. The number of likely N-dealkylation sites (tertiary alicyclic amines) is 1. The van der Waals surface area contributed by atoms with E-state index in [1.807, 2.05) is 37.3 Å². The Bertz CT molecular complexity index is 1000. The highest BCUT2D eigenvalue weighted by Gasteiger charge is 2.51. The maximum absolute atomic E-state index is 13.6. The zero-order chi connectivity index (χ0) is 24.1. The molecule has 6 heteroatoms. The summed E-state index contributed by atoms with van der Waals surface area (Å²) in [5.41, 5.74) is 2.07. The molecule has 0 aliphatic carbocycles. The van der Waals surface area contributed by atoms with E-state index in [0.717, 1.165) is 29.8 Å². The molecule has 2 unspecified atom stereocenters. The Kier molecular flexibility index (Phi) is 8.03. The third-order valence-electron chi connectivity index (χ3n) is 5.94. The van der Waals surface area contributed by atoms with Crippen LogP contribution in [0.1, 0.15) is 47.8 Å². The first kappa shape index (κ1) is 24.6. The van der Waals surface area contributed by atoms with Crippen molar-refractivity contribution in [3.05, 3.63) is 65.2 Å². The highest BCUT2D eigenvalue weighted by Crippen LogP contribution is 2.38. The van der Waals surface area contributed by atoms with Crippen LogP contribution in [-0.2, 0) is 9.59 Å². The first-order valence-electron chi connectivity index (χ1n) is 11.7. The van der Waals surface area contributed by atoms with Gasteiger partial charge in [0.05, 0.1) is 33.3 Å². The molecule has 1 amide bonds. The van der Waals surface area contributed by atoms with Gasteiger partial charge in [-0.1, -0.05) is 44.2 Å². The van der Waals surface area contributed by atoms with E-state index in [1.165, 1.54) is 4.90 Å². The largest absolute Gasteiger partial charge is 0.493 e. The molecule has 1 N–H and O–H groups in total. The summed E-state index contributed by atoms with van der Waals surface area (Å²) in [4.78, 5) is 42.5. The van der Waals surface area contributed by atoms with E-state index in [9.17, 15) is 14.4 Å². The molecule has 2 aromatic rings. The summed E-state index contributed by atoms with van der Waals surface area (Å²) >= 11 is 0. The zero-order valence-corrected chi connectivity index (χ0v) is 20.3. The minimum absolute atomic E-state index is 0.318. The van der Waals surface area contributed by atoms with E-state index in [0.29, 0.717) is 24.6 Å². The number of ether oxygens (including phenoxy) is 1. The number of carbonyl (C=O) groups is 3. The zero-order valence-electron chi connectivity index (χ0n) is 20.3. The fourth-order valence-corrected chi connectivity index (χ4v) is 4.25. The minimum Gasteiger partial charge on any atom is -0.493 e. The molecule has 176 valence electrons. The number of carbonyl (C=O) groups excluding carboxylic acids is 3. The van der Waals surface area contributed by atoms with Gasteiger partial charge in [0.25, 0.3) is 5.91 Å². The average molecular weight is 452 g/mol. The molecule has 2 atom stereocenters. The SMILES string of the molecule is Cc1cc(C(=O)C2C(=O)C(=O)N(CCC[NH+](C)C)C2c2ccccc2)ccc1OCC(C)C. The highest BCUT2D eigenvalue weighted by atomic mass is 16.5. The van der Waals surface area contributed by atoms with Gasteiger partial charge in [-0.3, -0.25) is 14.4 Å². The van der Waals surface area contributed by atoms with Crippen LogP contribution in [0, 0.1) is 18.8 Å². The van der Waals surface area contributed by atoms with Gasteiger partial charge in [-0.2, -0.15) is 0 Å². The lowest BCUT2D eigenvalue weighted by Gasteiger charge is -2.27. The maximum Gasteiger partial charge on any atom is 0.291 e. The Morgan fingerprint density at radius 2 is 1.79 bits per heavy atom. The number of benzene rings is 2. The van der Waals surface area contributed by atoms with Gasteiger partial charge in [0, 0.05) is 18.5 Å². The third-order valence-corrected chi connectivity index (χ3v) is 5.94. The predicted octanol–water partition coefficient (Wildman–Crippen LogP) is 2.52. The smallest absolute Gasteiger partial charge is 0.291 e. The predicted molar refractivity (Wildman–Crippen MR) is 128 cm³/mol. The second-order valence-electron chi connectivity index (χ2n) is 9.56. The van der Waals surface area contributed by atoms with E-state index in [4.69, 9.17) is 4.74 Å². The van der Waals surface area contributed by atoms with Crippen molar-refractivity contribution in [1.82, 2.24) is 4.90 Å². The van der Waals surface area contributed by atoms with E-state index in [-0.39, 0.29) is 5.78 Å². The Morgan fingerprint density at radius 3 is 2.39 bits per heavy atom. The number of aryl methyl sites for hydroxylation is 1. The summed E-state index contributed by atoms with van der Waals surface area (Å²) in [6, 6.07) is 14.0. The standard InChI is InChI=1S/C27H34N2O4/c1-18(2)17-33-22-13-12-21(16-19(22)3)25(30)23-24(20-10-7-6-8-11-20)29(27(32)26(23)31)15-9-14-28(4)5/h6-8,10-13,16,18,23-24H,9,14-15,17H2,1-5H3/p+1. The summed E-state index contributed by atoms with van der Waals surface area (Å²) in [6.45, 7) is 7.94. The van der Waals surface area contributed by atoms with E-state index in [1.54, 1.807) is 23.1 Å². The van der Waals surface area contributed by atoms with Crippen molar-refractivity contribution >= 4 is 17.5 Å². The number of nitrogens with one attached hydrogen (secondary N) is 1. The summed E-state index contributed by atoms with van der Waals surface area (Å²) in [5.74, 6) is -1.44. The minimum atomic E-state index is -1.05. The average Bonchev–Trinajstić information content (AvgIpc) is 3.03. The quantitative estimate of drug-likeness (QED) is 0.342. The monoisotopic (exact) mass is 451 g/mol. The number of nitrogens with zero attached hydrogens (tertiary/aromatic N) is 1. The second-order valence-corrected chi connectivity index (χ2v) is 9.56. The molecular weight excluding hydrogens is 416 g/mol. The normalized spacial score (nSPS) is 18.5. The topological polar surface area (TPSA) is 68.1 Å². The number of ketones is 2. The van der Waals surface area contributed by atoms with Crippen molar-refractivity contribution in [2.24, 2.45) is 11.8 Å². The molecule has 1 fully saturated rings. The lowest BCUT2D eigenvalue weighted by Crippen LogP contribution is -3.05. The Labute approximate surface area is 196 Å². The molecule has 0 aromatic heterocycles. The van der Waals surface area contributed by atoms with Crippen LogP contribution in [0.5, 0.6) is 5.75 Å². The molecule has 0 spiro atoms. The molecule has 2 aromatic carbocycles. The van der Waals surface area contributed by atoms with Crippen molar-refractivity contribution in [3.8, 4) is 5.75 Å². The molecule has 6 nitrogen and oxygen atoms in total. The van der Waals surface area contributed by atoms with Gasteiger partial charge >= 0.3 is 0 Å². The highest BCUT2D eigenvalue weighted by molar-refractivity contribution is 6.44. The Hall–Kier alpha value is -2.99. The van der Waals surface area contributed by atoms with Crippen molar-refractivity contribution < 1.29 is 24.0 Å². The number of quaternary nitrogens is 1. The fraction of sp³-hybridized carbons (Fsp3) is 0.444. The molecule has 1 aliphatic heterocycles. The number of rotatable bonds is 10. The molecule has 1 heterocycles. The van der Waals surface area contributed by atoms with Crippen LogP contribution in [0.2, 0.25) is 0 Å². The van der Waals surface area contributed by atoms with E-state index < -0.39 is 23.7 Å². The summed E-state index contributed by atoms with van der Waals surface area (Å²) in [6.07, 6.45) is 0.757. The van der Waals surface area contributed by atoms with Crippen molar-refractivity contribution in [2.45, 2.75) is 33.2 Å². The maximum atomic E-state index is 13.6. The van der Waals surface area contributed by atoms with Crippen LogP contribution in [0.3, 0.4) is 0 Å². The van der Waals surface area contributed by atoms with Crippen molar-refractivity contribution in [2.75, 3.05) is 33.8 Å². The second kappa shape index (κ2) is 10.8. The summed E-state index contributed by atoms with van der Waals surface area (Å²) in [5, 5.41) is 0. The summed E-state index contributed by atoms with van der Waals surface area (Å²) in [7, 11) is 4.10. The number of hydrogen-bond donors (Lipinski definition) is 1. The molecule has 3 rings (SSSR count).